The molecule has 5 rings (SSSR count). The minimum absolute atomic E-state index is 0.213. The SMILES string of the molecule is Nc1cc(NC(=O)C2C3CC4CC(C3)CC2C4)ccc1Br. The van der Waals surface area contributed by atoms with E-state index in [0.717, 1.165) is 22.0 Å². The number of hydrogen-bond acceptors (Lipinski definition) is 2. The average Bonchev–Trinajstić information content (AvgIpc) is 2.41. The lowest BCUT2D eigenvalue weighted by Crippen LogP contribution is -2.49. The van der Waals surface area contributed by atoms with Crippen LogP contribution in [0.4, 0.5) is 11.4 Å². The number of anilines is 2. The summed E-state index contributed by atoms with van der Waals surface area (Å²) in [6.45, 7) is 0. The number of nitrogen functional groups attached to an aromatic ring is 1. The number of hydrogen-bond donors (Lipinski definition) is 2. The van der Waals surface area contributed by atoms with E-state index < -0.39 is 0 Å². The van der Waals surface area contributed by atoms with Crippen LogP contribution in [0.5, 0.6) is 0 Å². The van der Waals surface area contributed by atoms with Gasteiger partial charge in [-0.25, -0.2) is 0 Å². The van der Waals surface area contributed by atoms with Gasteiger partial charge in [-0.3, -0.25) is 4.79 Å². The number of halogens is 1. The Morgan fingerprint density at radius 3 is 2.29 bits per heavy atom. The Morgan fingerprint density at radius 1 is 1.10 bits per heavy atom. The van der Waals surface area contributed by atoms with E-state index in [2.05, 4.69) is 21.2 Å². The van der Waals surface area contributed by atoms with Crippen molar-refractivity contribution < 1.29 is 4.79 Å². The molecule has 1 amide bonds. The maximum absolute atomic E-state index is 12.7. The van der Waals surface area contributed by atoms with Gasteiger partial charge in [0.05, 0.1) is 0 Å². The molecule has 4 aliphatic rings. The van der Waals surface area contributed by atoms with Crippen LogP contribution < -0.4 is 11.1 Å². The zero-order valence-electron chi connectivity index (χ0n) is 12.0. The van der Waals surface area contributed by atoms with Gasteiger partial charge in [-0.1, -0.05) is 0 Å². The highest BCUT2D eigenvalue weighted by Crippen LogP contribution is 2.56. The van der Waals surface area contributed by atoms with Crippen molar-refractivity contribution in [2.24, 2.45) is 29.6 Å². The van der Waals surface area contributed by atoms with Crippen molar-refractivity contribution in [1.82, 2.24) is 0 Å². The lowest BCUT2D eigenvalue weighted by molar-refractivity contribution is -0.132. The third kappa shape index (κ3) is 2.37. The first-order valence-corrected chi connectivity index (χ1v) is 8.75. The van der Waals surface area contributed by atoms with Crippen molar-refractivity contribution in [2.45, 2.75) is 32.1 Å². The minimum Gasteiger partial charge on any atom is -0.398 e. The van der Waals surface area contributed by atoms with Gasteiger partial charge in [0.15, 0.2) is 0 Å². The molecule has 0 saturated heterocycles. The molecule has 4 heteroatoms. The zero-order valence-corrected chi connectivity index (χ0v) is 13.6. The monoisotopic (exact) mass is 348 g/mol. The Morgan fingerprint density at radius 2 is 1.71 bits per heavy atom. The molecule has 0 radical (unpaired) electrons. The van der Waals surface area contributed by atoms with Gasteiger partial charge < -0.3 is 11.1 Å². The summed E-state index contributed by atoms with van der Waals surface area (Å²) < 4.78 is 0.870. The smallest absolute Gasteiger partial charge is 0.228 e. The van der Waals surface area contributed by atoms with E-state index in [-0.39, 0.29) is 11.8 Å². The second-order valence-electron chi connectivity index (χ2n) is 7.18. The van der Waals surface area contributed by atoms with Crippen molar-refractivity contribution in [3.63, 3.8) is 0 Å². The highest BCUT2D eigenvalue weighted by atomic mass is 79.9. The van der Waals surface area contributed by atoms with E-state index in [1.807, 2.05) is 18.2 Å². The number of carbonyl (C=O) groups excluding carboxylic acids is 1. The van der Waals surface area contributed by atoms with Crippen molar-refractivity contribution in [3.8, 4) is 0 Å². The lowest BCUT2D eigenvalue weighted by atomic mass is 9.51. The Hall–Kier alpha value is -1.03. The quantitative estimate of drug-likeness (QED) is 0.792. The predicted molar refractivity (Wildman–Crippen MR) is 87.7 cm³/mol. The largest absolute Gasteiger partial charge is 0.398 e. The first-order valence-electron chi connectivity index (χ1n) is 7.96. The van der Waals surface area contributed by atoms with Gasteiger partial charge >= 0.3 is 0 Å². The number of nitrogens with one attached hydrogen (secondary N) is 1. The molecule has 1 aromatic carbocycles. The molecule has 3 N–H and O–H groups in total. The number of rotatable bonds is 2. The number of amides is 1. The fraction of sp³-hybridized carbons (Fsp3) is 0.588. The first kappa shape index (κ1) is 13.6. The summed E-state index contributed by atoms with van der Waals surface area (Å²) in [5, 5.41) is 3.10. The molecule has 0 heterocycles. The molecule has 0 atom stereocenters. The summed E-state index contributed by atoms with van der Waals surface area (Å²) in [5.41, 5.74) is 7.37. The Kier molecular flexibility index (Phi) is 3.25. The summed E-state index contributed by atoms with van der Waals surface area (Å²) >= 11 is 3.39. The van der Waals surface area contributed by atoms with Gasteiger partial charge in [-0.2, -0.15) is 0 Å². The Balaban J connectivity index is 1.51. The third-order valence-corrected chi connectivity index (χ3v) is 6.52. The van der Waals surface area contributed by atoms with E-state index in [4.69, 9.17) is 5.73 Å². The predicted octanol–water partition coefficient (Wildman–Crippen LogP) is 4.04. The molecular formula is C17H21BrN2O. The van der Waals surface area contributed by atoms with Crippen LogP contribution in [-0.4, -0.2) is 5.91 Å². The van der Waals surface area contributed by atoms with Gasteiger partial charge in [0, 0.05) is 21.8 Å². The van der Waals surface area contributed by atoms with Gasteiger partial charge in [0.2, 0.25) is 5.91 Å². The average molecular weight is 349 g/mol. The van der Waals surface area contributed by atoms with Crippen LogP contribution in [0.15, 0.2) is 22.7 Å². The minimum atomic E-state index is 0.213. The summed E-state index contributed by atoms with van der Waals surface area (Å²) in [5.74, 6) is 3.48. The van der Waals surface area contributed by atoms with Crippen LogP contribution in [-0.2, 0) is 4.79 Å². The fourth-order valence-electron chi connectivity index (χ4n) is 5.20. The van der Waals surface area contributed by atoms with E-state index in [0.29, 0.717) is 17.5 Å². The summed E-state index contributed by atoms with van der Waals surface area (Å²) in [6.07, 6.45) is 6.51. The van der Waals surface area contributed by atoms with E-state index >= 15 is 0 Å². The molecule has 4 aliphatic carbocycles. The second-order valence-corrected chi connectivity index (χ2v) is 8.04. The van der Waals surface area contributed by atoms with Crippen LogP contribution >= 0.6 is 15.9 Å². The summed E-state index contributed by atoms with van der Waals surface area (Å²) in [6, 6.07) is 5.63. The van der Waals surface area contributed by atoms with E-state index in [9.17, 15) is 4.79 Å². The molecule has 0 unspecified atom stereocenters. The molecule has 4 bridgehead atoms. The van der Waals surface area contributed by atoms with Crippen LogP contribution in [0.2, 0.25) is 0 Å². The van der Waals surface area contributed by atoms with Crippen LogP contribution in [0.1, 0.15) is 32.1 Å². The summed E-state index contributed by atoms with van der Waals surface area (Å²) in [7, 11) is 0. The molecule has 4 saturated carbocycles. The molecule has 4 fully saturated rings. The molecule has 0 aliphatic heterocycles. The molecule has 112 valence electrons. The molecule has 21 heavy (non-hydrogen) atoms. The van der Waals surface area contributed by atoms with Crippen LogP contribution in [0, 0.1) is 29.6 Å². The Labute approximate surface area is 133 Å². The molecule has 3 nitrogen and oxygen atoms in total. The standard InChI is InChI=1S/C17H21BrN2O/c18-14-2-1-13(8-15(14)19)20-17(21)16-11-4-9-3-10(6-11)7-12(16)5-9/h1-2,8-12,16H,3-7,19H2,(H,20,21). The zero-order chi connectivity index (χ0) is 14.6. The van der Waals surface area contributed by atoms with Crippen LogP contribution in [0.25, 0.3) is 0 Å². The summed E-state index contributed by atoms with van der Waals surface area (Å²) in [4.78, 5) is 12.7. The van der Waals surface area contributed by atoms with Gasteiger partial charge in [0.1, 0.15) is 0 Å². The van der Waals surface area contributed by atoms with Crippen LogP contribution in [0.3, 0.4) is 0 Å². The van der Waals surface area contributed by atoms with Crippen molar-refractivity contribution >= 4 is 33.2 Å². The highest BCUT2D eigenvalue weighted by molar-refractivity contribution is 9.10. The second kappa shape index (κ2) is 5.01. The van der Waals surface area contributed by atoms with Gasteiger partial charge in [-0.05, 0) is 89.9 Å². The molecule has 0 aromatic heterocycles. The third-order valence-electron chi connectivity index (χ3n) is 5.79. The topological polar surface area (TPSA) is 55.1 Å². The maximum Gasteiger partial charge on any atom is 0.228 e. The Bertz CT molecular complexity index is 558. The molecular weight excluding hydrogens is 328 g/mol. The van der Waals surface area contributed by atoms with Crippen molar-refractivity contribution in [1.29, 1.82) is 0 Å². The first-order chi connectivity index (χ1) is 10.1. The van der Waals surface area contributed by atoms with E-state index in [1.165, 1.54) is 32.1 Å². The molecule has 0 spiro atoms. The van der Waals surface area contributed by atoms with Crippen molar-refractivity contribution in [2.75, 3.05) is 11.1 Å². The maximum atomic E-state index is 12.7. The van der Waals surface area contributed by atoms with E-state index in [1.54, 1.807) is 0 Å². The lowest BCUT2D eigenvalue weighted by Gasteiger charge is -2.53. The normalized spacial score (nSPS) is 36.7. The van der Waals surface area contributed by atoms with Gasteiger partial charge in [-0.15, -0.1) is 0 Å². The van der Waals surface area contributed by atoms with Gasteiger partial charge in [0.25, 0.3) is 0 Å². The fourth-order valence-corrected chi connectivity index (χ4v) is 5.45. The number of benzene rings is 1. The molecule has 1 aromatic rings. The van der Waals surface area contributed by atoms with Crippen molar-refractivity contribution in [3.05, 3.63) is 22.7 Å². The number of carbonyl (C=O) groups is 1. The highest BCUT2D eigenvalue weighted by Gasteiger charge is 2.50. The number of nitrogens with two attached hydrogens (primary N) is 1.